The molecule has 0 rings (SSSR count). The second-order valence-corrected chi connectivity index (χ2v) is 8.78. The largest absolute Gasteiger partial charge is 0.344 e. The fraction of sp³-hybridized carbons (Fsp3) is 0.714. The highest BCUT2D eigenvalue weighted by Crippen LogP contribution is 2.22. The standard InChI is InChI=1S/C21H39N3O2S/c1-15(2)9-7-10-16(3)11-8-12-17(4)18(5)13-27-14-20(21(26)24-22)23-19(6)25/h9,11,17-18,20H,7-8,10,12-14,22H2,1-6H3,(H,23,25)(H,24,26)/b16-11+/t17?,18?,20-/m0/s1. The molecule has 3 atom stereocenters. The molecule has 2 unspecified atom stereocenters. The van der Waals surface area contributed by atoms with Gasteiger partial charge in [0.25, 0.3) is 5.91 Å². The first-order valence-corrected chi connectivity index (χ1v) is 11.0. The molecule has 0 saturated heterocycles. The van der Waals surface area contributed by atoms with Crippen LogP contribution in [0.3, 0.4) is 0 Å². The monoisotopic (exact) mass is 397 g/mol. The zero-order chi connectivity index (χ0) is 20.8. The number of hydrogen-bond donors (Lipinski definition) is 3. The first kappa shape index (κ1) is 25.7. The van der Waals surface area contributed by atoms with Crippen molar-refractivity contribution >= 4 is 23.6 Å². The predicted octanol–water partition coefficient (Wildman–Crippen LogP) is 3.96. The van der Waals surface area contributed by atoms with Gasteiger partial charge in [-0.05, 0) is 64.0 Å². The van der Waals surface area contributed by atoms with Crippen LogP contribution in [-0.2, 0) is 9.59 Å². The molecule has 5 nitrogen and oxygen atoms in total. The Morgan fingerprint density at radius 3 is 2.22 bits per heavy atom. The first-order valence-electron chi connectivity index (χ1n) is 9.81. The number of amides is 2. The van der Waals surface area contributed by atoms with Crippen LogP contribution in [0.4, 0.5) is 0 Å². The Labute approximate surface area is 170 Å². The molecule has 0 aliphatic rings. The number of carbonyl (C=O) groups excluding carboxylic acids is 2. The van der Waals surface area contributed by atoms with Crippen molar-refractivity contribution in [3.63, 3.8) is 0 Å². The lowest BCUT2D eigenvalue weighted by Gasteiger charge is -2.21. The van der Waals surface area contributed by atoms with Gasteiger partial charge in [0.1, 0.15) is 6.04 Å². The Balaban J connectivity index is 4.19. The summed E-state index contributed by atoms with van der Waals surface area (Å²) in [5.74, 6) is 7.25. The number of thioether (sulfide) groups is 1. The van der Waals surface area contributed by atoms with Gasteiger partial charge < -0.3 is 5.32 Å². The number of rotatable bonds is 13. The molecule has 2 amide bonds. The maximum atomic E-state index is 11.7. The third-order valence-electron chi connectivity index (χ3n) is 4.68. The minimum absolute atomic E-state index is 0.225. The molecule has 0 aromatic carbocycles. The van der Waals surface area contributed by atoms with Crippen LogP contribution < -0.4 is 16.6 Å². The molecule has 156 valence electrons. The van der Waals surface area contributed by atoms with Gasteiger partial charge in [0.15, 0.2) is 0 Å². The van der Waals surface area contributed by atoms with Gasteiger partial charge in [-0.2, -0.15) is 11.8 Å². The number of hydrazine groups is 1. The third kappa shape index (κ3) is 13.5. The Morgan fingerprint density at radius 1 is 1.00 bits per heavy atom. The van der Waals surface area contributed by atoms with E-state index in [2.05, 4.69) is 57.5 Å². The maximum absolute atomic E-state index is 11.7. The molecule has 6 heteroatoms. The van der Waals surface area contributed by atoms with Crippen molar-refractivity contribution in [2.45, 2.75) is 73.3 Å². The molecule has 0 heterocycles. The zero-order valence-corrected chi connectivity index (χ0v) is 18.7. The summed E-state index contributed by atoms with van der Waals surface area (Å²) < 4.78 is 0. The van der Waals surface area contributed by atoms with Crippen molar-refractivity contribution in [2.24, 2.45) is 17.7 Å². The number of nitrogens with two attached hydrogens (primary N) is 1. The maximum Gasteiger partial charge on any atom is 0.257 e. The summed E-state index contributed by atoms with van der Waals surface area (Å²) >= 11 is 1.68. The van der Waals surface area contributed by atoms with Gasteiger partial charge in [-0.15, -0.1) is 0 Å². The lowest BCUT2D eigenvalue weighted by molar-refractivity contribution is -0.127. The second-order valence-electron chi connectivity index (χ2n) is 7.70. The summed E-state index contributed by atoms with van der Waals surface area (Å²) in [4.78, 5) is 22.9. The SMILES string of the molecule is CC(=O)N[C@@H](CSCC(C)C(C)CC/C=C(\C)CCC=C(C)C)C(=O)NN. The number of carbonyl (C=O) groups is 2. The van der Waals surface area contributed by atoms with Gasteiger partial charge in [-0.1, -0.05) is 37.1 Å². The quantitative estimate of drug-likeness (QED) is 0.190. The van der Waals surface area contributed by atoms with Crippen LogP contribution in [0.25, 0.3) is 0 Å². The number of hydrogen-bond acceptors (Lipinski definition) is 4. The summed E-state index contributed by atoms with van der Waals surface area (Å²) in [6.45, 7) is 12.4. The van der Waals surface area contributed by atoms with Gasteiger partial charge in [-0.25, -0.2) is 5.84 Å². The van der Waals surface area contributed by atoms with Crippen LogP contribution in [0.2, 0.25) is 0 Å². The number of allylic oxidation sites excluding steroid dienone is 4. The summed E-state index contributed by atoms with van der Waals surface area (Å²) in [5.41, 5.74) is 4.96. The van der Waals surface area contributed by atoms with Crippen molar-refractivity contribution in [2.75, 3.05) is 11.5 Å². The lowest BCUT2D eigenvalue weighted by Crippen LogP contribution is -2.49. The van der Waals surface area contributed by atoms with Gasteiger partial charge in [-0.3, -0.25) is 15.0 Å². The van der Waals surface area contributed by atoms with Crippen LogP contribution in [0.5, 0.6) is 0 Å². The van der Waals surface area contributed by atoms with Crippen molar-refractivity contribution in [1.29, 1.82) is 0 Å². The van der Waals surface area contributed by atoms with E-state index >= 15 is 0 Å². The van der Waals surface area contributed by atoms with E-state index in [4.69, 9.17) is 5.84 Å². The van der Waals surface area contributed by atoms with Gasteiger partial charge in [0.2, 0.25) is 5.91 Å². The van der Waals surface area contributed by atoms with E-state index in [0.717, 1.165) is 25.0 Å². The van der Waals surface area contributed by atoms with E-state index in [9.17, 15) is 9.59 Å². The fourth-order valence-corrected chi connectivity index (χ4v) is 3.94. The van der Waals surface area contributed by atoms with Gasteiger partial charge in [0, 0.05) is 12.7 Å². The van der Waals surface area contributed by atoms with E-state index < -0.39 is 6.04 Å². The van der Waals surface area contributed by atoms with Crippen molar-refractivity contribution in [1.82, 2.24) is 10.7 Å². The third-order valence-corrected chi connectivity index (χ3v) is 6.01. The number of nitrogens with one attached hydrogen (secondary N) is 2. The molecule has 0 fully saturated rings. The minimum Gasteiger partial charge on any atom is -0.344 e. The second kappa shape index (κ2) is 14.7. The molecule has 0 aromatic heterocycles. The Morgan fingerprint density at radius 2 is 1.67 bits per heavy atom. The summed E-state index contributed by atoms with van der Waals surface area (Å²) in [6.07, 6.45) is 9.20. The zero-order valence-electron chi connectivity index (χ0n) is 17.9. The lowest BCUT2D eigenvalue weighted by atomic mass is 9.92. The smallest absolute Gasteiger partial charge is 0.257 e. The van der Waals surface area contributed by atoms with Gasteiger partial charge in [0.05, 0.1) is 0 Å². The van der Waals surface area contributed by atoms with Crippen molar-refractivity contribution in [3.05, 3.63) is 23.3 Å². The van der Waals surface area contributed by atoms with Gasteiger partial charge >= 0.3 is 0 Å². The minimum atomic E-state index is -0.577. The van der Waals surface area contributed by atoms with E-state index in [0.29, 0.717) is 17.6 Å². The predicted molar refractivity (Wildman–Crippen MR) is 117 cm³/mol. The van der Waals surface area contributed by atoms with E-state index in [1.54, 1.807) is 11.8 Å². The Bertz CT molecular complexity index is 514. The van der Waals surface area contributed by atoms with Crippen LogP contribution in [0, 0.1) is 11.8 Å². The van der Waals surface area contributed by atoms with Crippen LogP contribution in [0.15, 0.2) is 23.3 Å². The van der Waals surface area contributed by atoms with Crippen molar-refractivity contribution < 1.29 is 9.59 Å². The fourth-order valence-electron chi connectivity index (χ4n) is 2.63. The van der Waals surface area contributed by atoms with E-state index in [1.807, 2.05) is 0 Å². The highest BCUT2D eigenvalue weighted by atomic mass is 32.2. The summed E-state index contributed by atoms with van der Waals surface area (Å²) in [5, 5.41) is 2.64. The highest BCUT2D eigenvalue weighted by molar-refractivity contribution is 7.99. The molecule has 0 aliphatic heterocycles. The highest BCUT2D eigenvalue weighted by Gasteiger charge is 2.19. The average molecular weight is 398 g/mol. The van der Waals surface area contributed by atoms with E-state index in [-0.39, 0.29) is 11.8 Å². The molecule has 0 saturated carbocycles. The molecular weight excluding hydrogens is 358 g/mol. The molecule has 0 aromatic rings. The van der Waals surface area contributed by atoms with Crippen LogP contribution in [0.1, 0.15) is 67.2 Å². The molecule has 0 radical (unpaired) electrons. The molecule has 27 heavy (non-hydrogen) atoms. The van der Waals surface area contributed by atoms with E-state index in [1.165, 1.54) is 24.5 Å². The first-order chi connectivity index (χ1) is 12.7. The Kier molecular flexibility index (Phi) is 14.1. The van der Waals surface area contributed by atoms with Crippen LogP contribution in [-0.4, -0.2) is 29.4 Å². The topological polar surface area (TPSA) is 84.2 Å². The molecule has 0 bridgehead atoms. The normalized spacial score (nSPS) is 14.9. The molecule has 0 aliphatic carbocycles. The Hall–Kier alpha value is -1.27. The molecule has 4 N–H and O–H groups in total. The summed E-state index contributed by atoms with van der Waals surface area (Å²) in [7, 11) is 0. The summed E-state index contributed by atoms with van der Waals surface area (Å²) in [6, 6.07) is -0.577. The molecule has 0 spiro atoms. The average Bonchev–Trinajstić information content (AvgIpc) is 2.59. The molecular formula is C21H39N3O2S. The van der Waals surface area contributed by atoms with Crippen molar-refractivity contribution in [3.8, 4) is 0 Å². The van der Waals surface area contributed by atoms with Crippen LogP contribution >= 0.6 is 11.8 Å².